The maximum Gasteiger partial charge on any atom is 0.143 e. The molecule has 0 atom stereocenters. The smallest absolute Gasteiger partial charge is 0.143 e. The second kappa shape index (κ2) is 12.0. The van der Waals surface area contributed by atoms with Crippen LogP contribution in [0.15, 0.2) is 76.4 Å². The molecule has 10 heteroatoms. The fourth-order valence-corrected chi connectivity index (χ4v) is 4.04. The number of aldehydes is 1. The van der Waals surface area contributed by atoms with Gasteiger partial charge in [-0.25, -0.2) is 9.37 Å². The third-order valence-corrected chi connectivity index (χ3v) is 5.86. The Morgan fingerprint density at radius 1 is 1.31 bits per heavy atom. The van der Waals surface area contributed by atoms with Crippen LogP contribution < -0.4 is 15.4 Å². The number of aromatic nitrogens is 1. The van der Waals surface area contributed by atoms with Crippen molar-refractivity contribution >= 4 is 53.3 Å². The van der Waals surface area contributed by atoms with Crippen LogP contribution in [0.25, 0.3) is 17.2 Å². The van der Waals surface area contributed by atoms with Gasteiger partial charge in [0.1, 0.15) is 29.5 Å². The lowest BCUT2D eigenvalue weighted by Gasteiger charge is -2.24. The van der Waals surface area contributed by atoms with Crippen molar-refractivity contribution < 1.29 is 19.0 Å². The summed E-state index contributed by atoms with van der Waals surface area (Å²) in [6.45, 7) is 0. The van der Waals surface area contributed by atoms with E-state index >= 15 is 0 Å². The van der Waals surface area contributed by atoms with Gasteiger partial charge < -0.3 is 20.5 Å². The number of aliphatic hydroxyl groups excluding tert-OH is 1. The zero-order chi connectivity index (χ0) is 25.4. The summed E-state index contributed by atoms with van der Waals surface area (Å²) < 4.78 is 23.4. The number of pyridine rings is 1. The number of aliphatic hydroxyl groups is 1. The highest BCUT2D eigenvalue weighted by Gasteiger charge is 2.18. The number of hydrogen-bond acceptors (Lipinski definition) is 7. The van der Waals surface area contributed by atoms with Crippen molar-refractivity contribution in [2.75, 3.05) is 19.1 Å². The van der Waals surface area contributed by atoms with E-state index in [1.54, 1.807) is 54.6 Å². The molecule has 0 aliphatic heterocycles. The second-order valence-corrected chi connectivity index (χ2v) is 8.32. The molecule has 0 saturated carbocycles. The minimum absolute atomic E-state index is 0.126. The van der Waals surface area contributed by atoms with Crippen LogP contribution in [0.5, 0.6) is 5.75 Å². The number of anilines is 2. The highest BCUT2D eigenvalue weighted by molar-refractivity contribution is 7.98. The molecule has 0 amide bonds. The summed E-state index contributed by atoms with van der Waals surface area (Å²) in [6, 6.07) is 11.4. The molecule has 0 bridgehead atoms. The Morgan fingerprint density at radius 2 is 2.11 bits per heavy atom. The monoisotopic (exact) mass is 512 g/mol. The largest absolute Gasteiger partial charge is 0.515 e. The Hall–Kier alpha value is -3.82. The maximum atomic E-state index is 13.8. The molecular formula is C25H22ClFN4O3S. The van der Waals surface area contributed by atoms with Crippen molar-refractivity contribution in [2.45, 2.75) is 4.90 Å². The Balaban J connectivity index is 2.04. The molecule has 0 saturated heterocycles. The van der Waals surface area contributed by atoms with E-state index in [2.05, 4.69) is 9.38 Å². The van der Waals surface area contributed by atoms with Crippen LogP contribution >= 0.6 is 23.5 Å². The Kier molecular flexibility index (Phi) is 8.88. The van der Waals surface area contributed by atoms with E-state index in [9.17, 15) is 9.18 Å². The van der Waals surface area contributed by atoms with Crippen LogP contribution in [0, 0.1) is 5.82 Å². The summed E-state index contributed by atoms with van der Waals surface area (Å²) >= 11 is 7.65. The lowest BCUT2D eigenvalue weighted by Crippen LogP contribution is -2.14. The number of hydrogen-bond donors (Lipinski definition) is 2. The molecule has 35 heavy (non-hydrogen) atoms. The van der Waals surface area contributed by atoms with E-state index in [1.165, 1.54) is 31.4 Å². The molecule has 3 rings (SSSR count). The number of carbonyl (C=O) groups excluding carboxylic acids is 1. The predicted molar refractivity (Wildman–Crippen MR) is 140 cm³/mol. The number of rotatable bonds is 9. The summed E-state index contributed by atoms with van der Waals surface area (Å²) in [4.78, 5) is 18.0. The third-order valence-electron chi connectivity index (χ3n) is 4.81. The number of benzene rings is 2. The van der Waals surface area contributed by atoms with E-state index < -0.39 is 0 Å². The molecule has 0 aliphatic carbocycles. The van der Waals surface area contributed by atoms with Crippen molar-refractivity contribution in [2.24, 2.45) is 10.1 Å². The van der Waals surface area contributed by atoms with Gasteiger partial charge in [-0.15, -0.1) is 0 Å². The Morgan fingerprint density at radius 3 is 2.80 bits per heavy atom. The third kappa shape index (κ3) is 6.40. The Labute approximate surface area is 211 Å². The fourth-order valence-electron chi connectivity index (χ4n) is 3.22. The first kappa shape index (κ1) is 25.8. The van der Waals surface area contributed by atoms with Crippen LogP contribution in [0.3, 0.4) is 0 Å². The molecule has 1 aromatic heterocycles. The van der Waals surface area contributed by atoms with Crippen LogP contribution in [0.2, 0.25) is 5.02 Å². The topological polar surface area (TPSA) is 101 Å². The molecule has 180 valence electrons. The van der Waals surface area contributed by atoms with Crippen LogP contribution in [-0.4, -0.2) is 36.4 Å². The summed E-state index contributed by atoms with van der Waals surface area (Å²) in [6.07, 6.45) is 7.28. The molecule has 3 aromatic rings. The van der Waals surface area contributed by atoms with E-state index in [0.29, 0.717) is 50.1 Å². The first-order valence-corrected chi connectivity index (χ1v) is 11.3. The van der Waals surface area contributed by atoms with Gasteiger partial charge in [0.15, 0.2) is 0 Å². The van der Waals surface area contributed by atoms with E-state index in [0.717, 1.165) is 18.2 Å². The highest BCUT2D eigenvalue weighted by Crippen LogP contribution is 2.41. The molecule has 0 unspecified atom stereocenters. The van der Waals surface area contributed by atoms with Gasteiger partial charge in [-0.1, -0.05) is 23.7 Å². The molecular weight excluding hydrogens is 491 g/mol. The van der Waals surface area contributed by atoms with Gasteiger partial charge in [0.05, 0.1) is 24.1 Å². The first-order valence-electron chi connectivity index (χ1n) is 10.2. The van der Waals surface area contributed by atoms with Gasteiger partial charge in [-0.2, -0.15) is 4.40 Å². The number of amidine groups is 1. The van der Waals surface area contributed by atoms with Gasteiger partial charge >= 0.3 is 0 Å². The number of ether oxygens (including phenoxy) is 1. The lowest BCUT2D eigenvalue weighted by atomic mass is 10.0. The number of carbonyl (C=O) groups is 1. The van der Waals surface area contributed by atoms with E-state index in [1.807, 2.05) is 0 Å². The summed E-state index contributed by atoms with van der Waals surface area (Å²) in [5.74, 6) is 0.773. The zero-order valence-corrected chi connectivity index (χ0v) is 20.4. The van der Waals surface area contributed by atoms with Crippen LogP contribution in [-0.2, 0) is 4.79 Å². The van der Waals surface area contributed by atoms with Crippen molar-refractivity contribution in [1.29, 1.82) is 0 Å². The van der Waals surface area contributed by atoms with Gasteiger partial charge in [0, 0.05) is 47.3 Å². The average molecular weight is 513 g/mol. The number of halogens is 2. The van der Waals surface area contributed by atoms with Gasteiger partial charge in [0.2, 0.25) is 0 Å². The first-order chi connectivity index (χ1) is 16.9. The van der Waals surface area contributed by atoms with Crippen molar-refractivity contribution in [1.82, 2.24) is 4.98 Å². The molecule has 0 spiro atoms. The number of nitrogens with zero attached hydrogens (tertiary/aromatic N) is 3. The number of methoxy groups -OCH3 is 1. The molecule has 0 radical (unpaired) electrons. The number of allylic oxidation sites excluding steroid dienone is 1. The van der Waals surface area contributed by atoms with E-state index in [-0.39, 0.29) is 11.7 Å². The van der Waals surface area contributed by atoms with Crippen molar-refractivity contribution in [3.05, 3.63) is 83.5 Å². The lowest BCUT2D eigenvalue weighted by molar-refractivity contribution is -0.104. The minimum atomic E-state index is -0.369. The fraction of sp³-hybridized carbons (Fsp3) is 0.0800. The van der Waals surface area contributed by atoms with Gasteiger partial charge in [-0.05, 0) is 48.0 Å². The van der Waals surface area contributed by atoms with Crippen molar-refractivity contribution in [3.63, 3.8) is 0 Å². The van der Waals surface area contributed by atoms with Crippen LogP contribution in [0.4, 0.5) is 15.9 Å². The minimum Gasteiger partial charge on any atom is -0.515 e. The molecule has 1 heterocycles. The molecule has 0 aliphatic rings. The maximum absolute atomic E-state index is 13.8. The normalized spacial score (nSPS) is 11.8. The SMILES string of the molecule is COc1cc(-c2cccc(F)c2)c(Cl)cc1N(C)c1ncc(S/N=C(N)\C=C/O)cc1/C=C\C=O. The van der Waals surface area contributed by atoms with Crippen LogP contribution in [0.1, 0.15) is 5.56 Å². The van der Waals surface area contributed by atoms with Gasteiger partial charge in [-0.3, -0.25) is 4.79 Å². The predicted octanol–water partition coefficient (Wildman–Crippen LogP) is 5.97. The van der Waals surface area contributed by atoms with Gasteiger partial charge in [0.25, 0.3) is 0 Å². The standard InChI is InChI=1S/C25H22ClFN4O3S/c1-31(22-14-21(26)20(13-23(22)34-2)16-5-3-7-18(27)11-16)25-17(6-4-9-32)12-19(15-29-25)35-30-24(28)8-10-33/h3-15,33H,1-2H3,(H2,28,30)/b6-4-,10-8-. The van der Waals surface area contributed by atoms with Crippen molar-refractivity contribution in [3.8, 4) is 16.9 Å². The molecule has 0 fully saturated rings. The molecule has 3 N–H and O–H groups in total. The summed E-state index contributed by atoms with van der Waals surface area (Å²) in [7, 11) is 3.31. The Bertz CT molecular complexity index is 1310. The molecule has 2 aromatic carbocycles. The number of nitrogens with two attached hydrogens (primary N) is 1. The summed E-state index contributed by atoms with van der Waals surface area (Å²) in [5, 5.41) is 9.19. The summed E-state index contributed by atoms with van der Waals surface area (Å²) in [5.41, 5.74) is 8.14. The quantitative estimate of drug-likeness (QED) is 0.0909. The zero-order valence-electron chi connectivity index (χ0n) is 18.9. The second-order valence-electron chi connectivity index (χ2n) is 7.08. The molecule has 7 nitrogen and oxygen atoms in total. The highest BCUT2D eigenvalue weighted by atomic mass is 35.5. The van der Waals surface area contributed by atoms with E-state index in [4.69, 9.17) is 27.2 Å². The average Bonchev–Trinajstić information content (AvgIpc) is 2.85.